The lowest BCUT2D eigenvalue weighted by Crippen LogP contribution is -2.28. The van der Waals surface area contributed by atoms with E-state index in [4.69, 9.17) is 9.47 Å². The molecule has 4 heteroatoms. The Morgan fingerprint density at radius 3 is 2.61 bits per heavy atom. The summed E-state index contributed by atoms with van der Waals surface area (Å²) in [6, 6.07) is 9.67. The first-order chi connectivity index (χ1) is 8.79. The van der Waals surface area contributed by atoms with Crippen molar-refractivity contribution in [2.24, 2.45) is 0 Å². The van der Waals surface area contributed by atoms with Gasteiger partial charge in [-0.05, 0) is 18.5 Å². The number of nitrogens with one attached hydrogen (secondary N) is 1. The summed E-state index contributed by atoms with van der Waals surface area (Å²) in [5, 5.41) is 3.25. The number of carbonyl (C=O) groups excluding carboxylic acids is 1. The fraction of sp³-hybridized carbons (Fsp3) is 0.500. The minimum Gasteiger partial charge on any atom is -0.469 e. The van der Waals surface area contributed by atoms with E-state index in [1.807, 2.05) is 30.3 Å². The number of rotatable bonds is 8. The fourth-order valence-electron chi connectivity index (χ4n) is 1.75. The summed E-state index contributed by atoms with van der Waals surface area (Å²) in [5.41, 5.74) is 0.976. The Bertz CT molecular complexity index is 340. The van der Waals surface area contributed by atoms with E-state index in [1.54, 1.807) is 7.11 Å². The van der Waals surface area contributed by atoms with Crippen molar-refractivity contribution in [2.45, 2.75) is 12.3 Å². The zero-order valence-electron chi connectivity index (χ0n) is 11.0. The normalized spacial score (nSPS) is 12.1. The van der Waals surface area contributed by atoms with E-state index < -0.39 is 0 Å². The highest BCUT2D eigenvalue weighted by atomic mass is 16.5. The van der Waals surface area contributed by atoms with Gasteiger partial charge in [0.15, 0.2) is 0 Å². The average molecular weight is 251 g/mol. The van der Waals surface area contributed by atoms with Crippen LogP contribution in [-0.2, 0) is 14.3 Å². The number of methoxy groups -OCH3 is 2. The summed E-state index contributed by atoms with van der Waals surface area (Å²) in [6.07, 6.45) is 0.930. The summed E-state index contributed by atoms with van der Waals surface area (Å²) in [7, 11) is 3.10. The Morgan fingerprint density at radius 1 is 1.28 bits per heavy atom. The lowest BCUT2D eigenvalue weighted by molar-refractivity contribution is -0.142. The van der Waals surface area contributed by atoms with Crippen LogP contribution >= 0.6 is 0 Å². The number of ether oxygens (including phenoxy) is 2. The zero-order valence-corrected chi connectivity index (χ0v) is 11.0. The Labute approximate surface area is 108 Å². The van der Waals surface area contributed by atoms with Crippen molar-refractivity contribution in [3.63, 3.8) is 0 Å². The lowest BCUT2D eigenvalue weighted by Gasteiger charge is -2.15. The summed E-state index contributed by atoms with van der Waals surface area (Å²) in [5.74, 6) is -0.459. The molecular weight excluding hydrogens is 230 g/mol. The molecule has 18 heavy (non-hydrogen) atoms. The van der Waals surface area contributed by atoms with Crippen molar-refractivity contribution in [1.82, 2.24) is 5.32 Å². The topological polar surface area (TPSA) is 47.6 Å². The molecule has 0 radical (unpaired) electrons. The highest BCUT2D eigenvalue weighted by molar-refractivity contribution is 5.78. The van der Waals surface area contributed by atoms with Gasteiger partial charge in [-0.3, -0.25) is 4.79 Å². The van der Waals surface area contributed by atoms with Gasteiger partial charge in [-0.15, -0.1) is 0 Å². The van der Waals surface area contributed by atoms with Crippen molar-refractivity contribution < 1.29 is 14.3 Å². The Hall–Kier alpha value is -1.39. The van der Waals surface area contributed by atoms with Crippen molar-refractivity contribution in [3.05, 3.63) is 35.9 Å². The van der Waals surface area contributed by atoms with Gasteiger partial charge in [0.25, 0.3) is 0 Å². The van der Waals surface area contributed by atoms with E-state index in [0.29, 0.717) is 6.54 Å². The van der Waals surface area contributed by atoms with Crippen LogP contribution in [0.5, 0.6) is 0 Å². The van der Waals surface area contributed by atoms with Crippen LogP contribution in [0.1, 0.15) is 17.9 Å². The van der Waals surface area contributed by atoms with Crippen molar-refractivity contribution in [1.29, 1.82) is 0 Å². The van der Waals surface area contributed by atoms with E-state index in [9.17, 15) is 4.79 Å². The Morgan fingerprint density at radius 2 is 2.00 bits per heavy atom. The van der Waals surface area contributed by atoms with Crippen molar-refractivity contribution in [3.8, 4) is 0 Å². The molecule has 0 aliphatic heterocycles. The van der Waals surface area contributed by atoms with Crippen LogP contribution in [0, 0.1) is 0 Å². The third-order valence-corrected chi connectivity index (χ3v) is 2.74. The molecule has 100 valence electrons. The van der Waals surface area contributed by atoms with Gasteiger partial charge in [0, 0.05) is 20.3 Å². The molecule has 1 rings (SSSR count). The maximum Gasteiger partial charge on any atom is 0.314 e. The zero-order chi connectivity index (χ0) is 13.2. The van der Waals surface area contributed by atoms with Crippen LogP contribution in [-0.4, -0.2) is 39.9 Å². The van der Waals surface area contributed by atoms with E-state index in [2.05, 4.69) is 5.32 Å². The quantitative estimate of drug-likeness (QED) is 0.563. The standard InChI is InChI=1S/C14H21NO3/c1-17-10-6-9-15-11-13(14(16)18-2)12-7-4-3-5-8-12/h3-5,7-8,13,15H,6,9-11H2,1-2H3. The molecule has 0 spiro atoms. The predicted molar refractivity (Wildman–Crippen MR) is 70.6 cm³/mol. The molecule has 0 bridgehead atoms. The van der Waals surface area contributed by atoms with Crippen LogP contribution in [0.15, 0.2) is 30.3 Å². The molecule has 0 fully saturated rings. The van der Waals surface area contributed by atoms with Crippen LogP contribution in [0.4, 0.5) is 0 Å². The number of hydrogen-bond donors (Lipinski definition) is 1. The Balaban J connectivity index is 2.50. The number of benzene rings is 1. The fourth-order valence-corrected chi connectivity index (χ4v) is 1.75. The smallest absolute Gasteiger partial charge is 0.314 e. The summed E-state index contributed by atoms with van der Waals surface area (Å²) >= 11 is 0. The molecule has 0 aliphatic carbocycles. The SMILES string of the molecule is COCCCNCC(C(=O)OC)c1ccccc1. The number of esters is 1. The molecule has 1 aromatic rings. The molecule has 1 N–H and O–H groups in total. The van der Waals surface area contributed by atoms with Gasteiger partial charge in [0.1, 0.15) is 0 Å². The molecule has 0 heterocycles. The highest BCUT2D eigenvalue weighted by Gasteiger charge is 2.20. The molecule has 0 aliphatic rings. The summed E-state index contributed by atoms with van der Waals surface area (Å²) in [4.78, 5) is 11.7. The lowest BCUT2D eigenvalue weighted by atomic mass is 9.99. The second kappa shape index (κ2) is 8.66. The molecule has 0 amide bonds. The molecule has 1 atom stereocenters. The van der Waals surface area contributed by atoms with Crippen LogP contribution < -0.4 is 5.32 Å². The van der Waals surface area contributed by atoms with Crippen LogP contribution in [0.2, 0.25) is 0 Å². The maximum absolute atomic E-state index is 11.7. The number of carbonyl (C=O) groups is 1. The van der Waals surface area contributed by atoms with Crippen LogP contribution in [0.25, 0.3) is 0 Å². The molecule has 0 saturated heterocycles. The average Bonchev–Trinajstić information content (AvgIpc) is 2.43. The van der Waals surface area contributed by atoms with Gasteiger partial charge in [0.2, 0.25) is 0 Å². The molecule has 0 saturated carbocycles. The second-order valence-electron chi connectivity index (χ2n) is 4.04. The minimum atomic E-state index is -0.251. The third-order valence-electron chi connectivity index (χ3n) is 2.74. The molecular formula is C14H21NO3. The Kier molecular flexibility index (Phi) is 7.06. The predicted octanol–water partition coefficient (Wildman–Crippen LogP) is 1.57. The van der Waals surface area contributed by atoms with E-state index in [1.165, 1.54) is 7.11 Å². The highest BCUT2D eigenvalue weighted by Crippen LogP contribution is 2.16. The molecule has 4 nitrogen and oxygen atoms in total. The van der Waals surface area contributed by atoms with Gasteiger partial charge in [-0.2, -0.15) is 0 Å². The third kappa shape index (κ3) is 4.85. The van der Waals surface area contributed by atoms with Gasteiger partial charge in [-0.1, -0.05) is 30.3 Å². The number of hydrogen-bond acceptors (Lipinski definition) is 4. The first kappa shape index (κ1) is 14.7. The van der Waals surface area contributed by atoms with Gasteiger partial charge >= 0.3 is 5.97 Å². The monoisotopic (exact) mass is 251 g/mol. The minimum absolute atomic E-state index is 0.208. The molecule has 1 aromatic carbocycles. The molecule has 1 unspecified atom stereocenters. The summed E-state index contributed by atoms with van der Waals surface area (Å²) in [6.45, 7) is 2.13. The first-order valence-corrected chi connectivity index (χ1v) is 6.12. The first-order valence-electron chi connectivity index (χ1n) is 6.12. The van der Waals surface area contributed by atoms with Crippen molar-refractivity contribution >= 4 is 5.97 Å². The summed E-state index contributed by atoms with van der Waals surface area (Å²) < 4.78 is 9.81. The largest absolute Gasteiger partial charge is 0.469 e. The van der Waals surface area contributed by atoms with Gasteiger partial charge < -0.3 is 14.8 Å². The second-order valence-corrected chi connectivity index (χ2v) is 4.04. The maximum atomic E-state index is 11.7. The van der Waals surface area contributed by atoms with E-state index in [-0.39, 0.29) is 11.9 Å². The molecule has 0 aromatic heterocycles. The van der Waals surface area contributed by atoms with Gasteiger partial charge in [0.05, 0.1) is 13.0 Å². The van der Waals surface area contributed by atoms with Crippen LogP contribution in [0.3, 0.4) is 0 Å². The van der Waals surface area contributed by atoms with E-state index in [0.717, 1.165) is 25.1 Å². The van der Waals surface area contributed by atoms with E-state index >= 15 is 0 Å². The van der Waals surface area contributed by atoms with Gasteiger partial charge in [-0.25, -0.2) is 0 Å². The van der Waals surface area contributed by atoms with Crippen molar-refractivity contribution in [2.75, 3.05) is 33.9 Å².